The summed E-state index contributed by atoms with van der Waals surface area (Å²) >= 11 is 1.59. The van der Waals surface area contributed by atoms with Crippen LogP contribution in [0.1, 0.15) is 43.9 Å². The number of aryl methyl sites for hydroxylation is 2. The molecule has 0 aromatic heterocycles. The molecule has 0 radical (unpaired) electrons. The van der Waals surface area contributed by atoms with Crippen LogP contribution in [0.5, 0.6) is 0 Å². The van der Waals surface area contributed by atoms with Crippen LogP contribution in [0.25, 0.3) is 0 Å². The van der Waals surface area contributed by atoms with Crippen LogP contribution in [-0.4, -0.2) is 73.9 Å². The average molecular weight is 614 g/mol. The Morgan fingerprint density at radius 1 is 0.909 bits per heavy atom. The van der Waals surface area contributed by atoms with Crippen LogP contribution in [0.15, 0.2) is 72.8 Å². The maximum Gasteiger partial charge on any atom is 0.251 e. The summed E-state index contributed by atoms with van der Waals surface area (Å²) < 4.78 is -1.65. The number of hydrogen-bond donors (Lipinski definition) is 1. The number of aliphatic hydroxyl groups is 1. The fraction of sp³-hybridized carbons (Fsp3) is 0.472. The van der Waals surface area contributed by atoms with E-state index in [0.29, 0.717) is 19.6 Å². The topological polar surface area (TPSA) is 81.2 Å². The first-order valence-corrected chi connectivity index (χ1v) is 16.6. The minimum atomic E-state index is -0.963. The van der Waals surface area contributed by atoms with Crippen molar-refractivity contribution in [3.63, 3.8) is 0 Å². The molecule has 0 aliphatic carbocycles. The number of anilines is 1. The molecule has 6 rings (SSSR count). The Morgan fingerprint density at radius 3 is 2.25 bits per heavy atom. The Kier molecular flexibility index (Phi) is 8.03. The average Bonchev–Trinajstić information content (AvgIpc) is 3.28. The second-order valence-corrected chi connectivity index (χ2v) is 14.9. The number of hydrogen-bond acceptors (Lipinski definition) is 5. The van der Waals surface area contributed by atoms with Crippen molar-refractivity contribution in [1.82, 2.24) is 9.80 Å². The van der Waals surface area contributed by atoms with Gasteiger partial charge in [-0.1, -0.05) is 93.1 Å². The smallest absolute Gasteiger partial charge is 0.251 e. The van der Waals surface area contributed by atoms with Gasteiger partial charge in [-0.05, 0) is 43.4 Å². The molecule has 4 aliphatic rings. The summed E-state index contributed by atoms with van der Waals surface area (Å²) in [6.45, 7) is 11.1. The highest BCUT2D eigenvalue weighted by atomic mass is 32.2. The molecule has 8 heteroatoms. The molecule has 0 saturated carbocycles. The Morgan fingerprint density at radius 2 is 1.59 bits per heavy atom. The second kappa shape index (κ2) is 11.5. The van der Waals surface area contributed by atoms with Gasteiger partial charge in [0.1, 0.15) is 6.04 Å². The van der Waals surface area contributed by atoms with Gasteiger partial charge in [-0.25, -0.2) is 0 Å². The molecule has 4 aliphatic heterocycles. The Bertz CT molecular complexity index is 1500. The first-order chi connectivity index (χ1) is 21.1. The Hall–Kier alpha value is -3.36. The van der Waals surface area contributed by atoms with E-state index < -0.39 is 33.4 Å². The number of carbonyl (C=O) groups excluding carboxylic acids is 3. The fourth-order valence-corrected chi connectivity index (χ4v) is 10.2. The molecule has 44 heavy (non-hydrogen) atoms. The maximum absolute atomic E-state index is 15.0. The van der Waals surface area contributed by atoms with E-state index in [1.165, 1.54) is 0 Å². The van der Waals surface area contributed by atoms with E-state index in [1.807, 2.05) is 98.2 Å². The van der Waals surface area contributed by atoms with Gasteiger partial charge in [-0.3, -0.25) is 14.4 Å². The first kappa shape index (κ1) is 30.7. The number of carbonyl (C=O) groups is 3. The van der Waals surface area contributed by atoms with Gasteiger partial charge in [-0.2, -0.15) is 0 Å². The fourth-order valence-electron chi connectivity index (χ4n) is 8.06. The Labute approximate surface area is 265 Å². The third kappa shape index (κ3) is 4.64. The van der Waals surface area contributed by atoms with Gasteiger partial charge in [0.05, 0.1) is 29.2 Å². The lowest BCUT2D eigenvalue weighted by Crippen LogP contribution is -2.58. The van der Waals surface area contributed by atoms with Gasteiger partial charge in [0.25, 0.3) is 5.91 Å². The third-order valence-electron chi connectivity index (χ3n) is 10.3. The molecule has 7 atom stereocenters. The highest BCUT2D eigenvalue weighted by Gasteiger charge is 2.74. The molecule has 1 unspecified atom stereocenters. The van der Waals surface area contributed by atoms with Crippen molar-refractivity contribution >= 4 is 35.2 Å². The molecular formula is C36H43N3O4S. The zero-order valence-electron chi connectivity index (χ0n) is 26.3. The van der Waals surface area contributed by atoms with E-state index in [1.54, 1.807) is 16.7 Å². The van der Waals surface area contributed by atoms with Gasteiger partial charge in [0.2, 0.25) is 11.8 Å². The van der Waals surface area contributed by atoms with Crippen molar-refractivity contribution in [1.29, 1.82) is 0 Å². The molecule has 2 saturated heterocycles. The number of benzene rings is 2. The molecule has 1 N–H and O–H groups in total. The second-order valence-electron chi connectivity index (χ2n) is 13.1. The van der Waals surface area contributed by atoms with Gasteiger partial charge in [0.15, 0.2) is 0 Å². The van der Waals surface area contributed by atoms with Crippen LogP contribution < -0.4 is 4.90 Å². The van der Waals surface area contributed by atoms with Gasteiger partial charge in [-0.15, -0.1) is 11.8 Å². The molecule has 7 nitrogen and oxygen atoms in total. The lowest BCUT2D eigenvalue weighted by molar-refractivity contribution is -0.146. The van der Waals surface area contributed by atoms with Gasteiger partial charge >= 0.3 is 0 Å². The van der Waals surface area contributed by atoms with Crippen molar-refractivity contribution < 1.29 is 19.5 Å². The largest absolute Gasteiger partial charge is 0.394 e. The predicted molar refractivity (Wildman–Crippen MR) is 175 cm³/mol. The lowest BCUT2D eigenvalue weighted by atomic mass is 9.74. The SMILES string of the molecule is CC[C@H](C)[C@H](CO)N1C(=O)[C@@H]2[C@@H]3C(=O)N(Cc4ccccc4)CC=C[C@]3(C)S[C@@]23C=CCN(c2c(C)cccc2C)C(=O)C13. The predicted octanol–water partition coefficient (Wildman–Crippen LogP) is 4.90. The summed E-state index contributed by atoms with van der Waals surface area (Å²) in [6, 6.07) is 14.5. The van der Waals surface area contributed by atoms with Crippen molar-refractivity contribution in [3.05, 3.63) is 89.5 Å². The van der Waals surface area contributed by atoms with Gasteiger partial charge in [0, 0.05) is 30.1 Å². The Balaban J connectivity index is 1.49. The molecule has 0 bridgehead atoms. The number of amides is 3. The summed E-state index contributed by atoms with van der Waals surface area (Å²) in [5.41, 5.74) is 3.86. The van der Waals surface area contributed by atoms with Crippen LogP contribution in [0.3, 0.4) is 0 Å². The quantitative estimate of drug-likeness (QED) is 0.450. The number of para-hydroxylation sites is 1. The van der Waals surface area contributed by atoms with Crippen LogP contribution >= 0.6 is 11.8 Å². The highest BCUT2D eigenvalue weighted by Crippen LogP contribution is 2.66. The molecular weight excluding hydrogens is 570 g/mol. The van der Waals surface area contributed by atoms with E-state index in [0.717, 1.165) is 28.8 Å². The monoisotopic (exact) mass is 613 g/mol. The number of aliphatic hydroxyl groups excluding tert-OH is 1. The summed E-state index contributed by atoms with van der Waals surface area (Å²) in [5.74, 6) is -1.87. The van der Waals surface area contributed by atoms with E-state index >= 15 is 4.79 Å². The normalized spacial score (nSPS) is 31.0. The van der Waals surface area contributed by atoms with Crippen LogP contribution in [0.4, 0.5) is 5.69 Å². The minimum absolute atomic E-state index is 0.0378. The standard InChI is InChI=1S/C36H43N3O4S/c1-6-23(2)27(22-40)39-31-34(43)38(30-24(3)13-10-14-25(30)4)20-12-18-36(31)29(33(39)42)28-32(41)37(19-11-17-35(28,5)44-36)21-26-15-8-7-9-16-26/h7-18,23,27-29,31,40H,6,19-22H2,1-5H3/t23-,27-,28+,29-,31?,35-,36-/m0/s1. The molecule has 1 spiro atoms. The summed E-state index contributed by atoms with van der Waals surface area (Å²) in [6.07, 6.45) is 8.96. The molecule has 2 aromatic rings. The van der Waals surface area contributed by atoms with Crippen LogP contribution in [0.2, 0.25) is 0 Å². The van der Waals surface area contributed by atoms with Crippen molar-refractivity contribution in [2.75, 3.05) is 24.6 Å². The number of rotatable bonds is 7. The molecule has 2 fully saturated rings. The summed E-state index contributed by atoms with van der Waals surface area (Å²) in [5, 5.41) is 10.7. The van der Waals surface area contributed by atoms with E-state index in [9.17, 15) is 14.7 Å². The van der Waals surface area contributed by atoms with E-state index in [2.05, 4.69) is 19.1 Å². The number of nitrogens with zero attached hydrogens (tertiary/aromatic N) is 3. The van der Waals surface area contributed by atoms with Crippen LogP contribution in [0, 0.1) is 31.6 Å². The zero-order valence-corrected chi connectivity index (χ0v) is 27.1. The zero-order chi connectivity index (χ0) is 31.4. The van der Waals surface area contributed by atoms with Crippen molar-refractivity contribution in [3.8, 4) is 0 Å². The third-order valence-corrected chi connectivity index (χ3v) is 12.1. The minimum Gasteiger partial charge on any atom is -0.394 e. The van der Waals surface area contributed by atoms with E-state index in [-0.39, 0.29) is 30.2 Å². The molecule has 2 aromatic carbocycles. The molecule has 3 amide bonds. The summed E-state index contributed by atoms with van der Waals surface area (Å²) in [4.78, 5) is 49.9. The summed E-state index contributed by atoms with van der Waals surface area (Å²) in [7, 11) is 0. The van der Waals surface area contributed by atoms with E-state index in [4.69, 9.17) is 0 Å². The molecule has 4 heterocycles. The van der Waals surface area contributed by atoms with Crippen molar-refractivity contribution in [2.45, 2.75) is 69.2 Å². The van der Waals surface area contributed by atoms with Crippen molar-refractivity contribution in [2.24, 2.45) is 17.8 Å². The number of likely N-dealkylation sites (tertiary alicyclic amines) is 1. The first-order valence-electron chi connectivity index (χ1n) is 15.8. The lowest BCUT2D eigenvalue weighted by Gasteiger charge is -2.41. The highest BCUT2D eigenvalue weighted by molar-refractivity contribution is 8.02. The van der Waals surface area contributed by atoms with Gasteiger partial charge < -0.3 is 19.8 Å². The van der Waals surface area contributed by atoms with Crippen LogP contribution in [-0.2, 0) is 20.9 Å². The number of thioether (sulfide) groups is 1. The maximum atomic E-state index is 15.0. The molecule has 232 valence electrons. The number of fused-ring (bicyclic) bond motifs is 2.